The van der Waals surface area contributed by atoms with E-state index < -0.39 is 23.2 Å². The molecule has 76 valence electrons. The van der Waals surface area contributed by atoms with Crippen LogP contribution in [0.25, 0.3) is 0 Å². The molecule has 1 aliphatic rings. The van der Waals surface area contributed by atoms with Gasteiger partial charge in [-0.2, -0.15) is 26.3 Å². The van der Waals surface area contributed by atoms with Crippen LogP contribution in [0.1, 0.15) is 0 Å². The molecule has 0 N–H and O–H groups in total. The zero-order valence-electron chi connectivity index (χ0n) is 5.74. The van der Waals surface area contributed by atoms with Crippen molar-refractivity contribution < 1.29 is 26.3 Å². The molecule has 1 rings (SSSR count). The fourth-order valence-electron chi connectivity index (χ4n) is 0.695. The number of halogens is 6. The van der Waals surface area contributed by atoms with Crippen LogP contribution >= 0.6 is 21.6 Å². The highest BCUT2D eigenvalue weighted by molar-refractivity contribution is 8.78. The number of hydrogen-bond donors (Lipinski definition) is 0. The predicted molar refractivity (Wildman–Crippen MR) is 39.2 cm³/mol. The van der Waals surface area contributed by atoms with Crippen molar-refractivity contribution in [1.82, 2.24) is 0 Å². The Morgan fingerprint density at radius 3 is 1.92 bits per heavy atom. The Balaban J connectivity index is 2.87. The van der Waals surface area contributed by atoms with Gasteiger partial charge in [-0.25, -0.2) is 0 Å². The molecule has 1 heterocycles. The first-order valence-electron chi connectivity index (χ1n) is 2.89. The number of hydrogen-bond acceptors (Lipinski definition) is 2. The molecule has 8 heteroatoms. The van der Waals surface area contributed by atoms with E-state index in [1.54, 1.807) is 0 Å². The molecule has 0 radical (unpaired) electrons. The van der Waals surface area contributed by atoms with Gasteiger partial charge >= 0.3 is 12.4 Å². The molecule has 0 fully saturated rings. The molecule has 0 saturated carbocycles. The Hall–Kier alpha value is 0.0200. The van der Waals surface area contributed by atoms with E-state index >= 15 is 0 Å². The summed E-state index contributed by atoms with van der Waals surface area (Å²) in [4.78, 5) is 0. The van der Waals surface area contributed by atoms with Crippen molar-refractivity contribution in [2.75, 3.05) is 0 Å². The minimum absolute atomic E-state index is 0.163. The maximum atomic E-state index is 12.0. The van der Waals surface area contributed by atoms with E-state index in [1.165, 1.54) is 0 Å². The van der Waals surface area contributed by atoms with Gasteiger partial charge in [-0.1, -0.05) is 21.6 Å². The molecule has 0 nitrogen and oxygen atoms in total. The monoisotopic (exact) mass is 240 g/mol. The minimum atomic E-state index is -4.89. The number of alkyl halides is 6. The van der Waals surface area contributed by atoms with E-state index in [9.17, 15) is 26.3 Å². The lowest BCUT2D eigenvalue weighted by Gasteiger charge is -2.18. The molecule has 0 saturated heterocycles. The van der Waals surface area contributed by atoms with Crippen molar-refractivity contribution in [3.63, 3.8) is 0 Å². The predicted octanol–water partition coefficient (Wildman–Crippen LogP) is 3.76. The summed E-state index contributed by atoms with van der Waals surface area (Å²) in [7, 11) is 0.622. The highest BCUT2D eigenvalue weighted by Crippen LogP contribution is 2.52. The van der Waals surface area contributed by atoms with Gasteiger partial charge in [-0.05, 0) is 5.41 Å². The fourth-order valence-corrected chi connectivity index (χ4v) is 3.19. The Labute approximate surface area is 77.1 Å². The van der Waals surface area contributed by atoms with Gasteiger partial charge in [0.2, 0.25) is 0 Å². The van der Waals surface area contributed by atoms with Crippen LogP contribution in [0.3, 0.4) is 0 Å². The zero-order chi connectivity index (χ0) is 10.3. The molecule has 0 aliphatic carbocycles. The van der Waals surface area contributed by atoms with Crippen LogP contribution in [0.5, 0.6) is 0 Å². The second kappa shape index (κ2) is 3.30. The summed E-state index contributed by atoms with van der Waals surface area (Å²) >= 11 is 0. The lowest BCUT2D eigenvalue weighted by Crippen LogP contribution is -2.31. The third-order valence-electron chi connectivity index (χ3n) is 1.23. The molecule has 0 amide bonds. The van der Waals surface area contributed by atoms with Crippen LogP contribution in [0, 0.1) is 0 Å². The van der Waals surface area contributed by atoms with Gasteiger partial charge in [0, 0.05) is 0 Å². The van der Waals surface area contributed by atoms with Gasteiger partial charge in [-0.15, -0.1) is 0 Å². The van der Waals surface area contributed by atoms with Crippen molar-refractivity contribution in [2.45, 2.75) is 17.6 Å². The molecule has 1 aliphatic heterocycles. The normalized spacial score (nSPS) is 24.8. The summed E-state index contributed by atoms with van der Waals surface area (Å²) < 4.78 is 71.7. The van der Waals surface area contributed by atoms with E-state index in [0.29, 0.717) is 16.2 Å². The van der Waals surface area contributed by atoms with E-state index in [1.807, 2.05) is 0 Å². The van der Waals surface area contributed by atoms with Crippen LogP contribution < -0.4 is 0 Å². The van der Waals surface area contributed by atoms with Gasteiger partial charge in [-0.3, -0.25) is 0 Å². The van der Waals surface area contributed by atoms with Crippen LogP contribution in [0.15, 0.2) is 11.0 Å². The first-order valence-corrected chi connectivity index (χ1v) is 5.16. The van der Waals surface area contributed by atoms with Crippen molar-refractivity contribution in [3.05, 3.63) is 11.0 Å². The highest BCUT2D eigenvalue weighted by Gasteiger charge is 2.53. The van der Waals surface area contributed by atoms with Gasteiger partial charge in [0.25, 0.3) is 0 Å². The first-order chi connectivity index (χ1) is 5.73. The Morgan fingerprint density at radius 1 is 1.08 bits per heavy atom. The van der Waals surface area contributed by atoms with Crippen molar-refractivity contribution >= 4 is 21.6 Å². The highest BCUT2D eigenvalue weighted by atomic mass is 33.1. The first kappa shape index (κ1) is 11.1. The molecule has 13 heavy (non-hydrogen) atoms. The average Bonchev–Trinajstić information content (AvgIpc) is 2.27. The van der Waals surface area contributed by atoms with Crippen molar-refractivity contribution in [2.24, 2.45) is 0 Å². The molecule has 0 aromatic carbocycles. The standard InChI is InChI=1S/C5H2F6S2/c6-4(7,8)2-1-12-13-3(2)5(9,10)11/h1,3H. The van der Waals surface area contributed by atoms with Crippen LogP contribution in [0.4, 0.5) is 26.3 Å². The minimum Gasteiger partial charge on any atom is -0.169 e. The molecular formula is C5H2F6S2. The summed E-state index contributed by atoms with van der Waals surface area (Å²) in [5.74, 6) is 0. The molecular weight excluding hydrogens is 238 g/mol. The number of rotatable bonds is 0. The topological polar surface area (TPSA) is 0 Å². The summed E-state index contributed by atoms with van der Waals surface area (Å²) in [6.45, 7) is 0. The van der Waals surface area contributed by atoms with Gasteiger partial charge < -0.3 is 0 Å². The molecule has 0 aromatic rings. The quantitative estimate of drug-likeness (QED) is 0.467. The Bertz CT molecular complexity index is 226. The lowest BCUT2D eigenvalue weighted by atomic mass is 10.2. The lowest BCUT2D eigenvalue weighted by molar-refractivity contribution is -0.145. The SMILES string of the molecule is FC(F)(F)C1=CSSC1C(F)(F)F. The maximum absolute atomic E-state index is 12.0. The van der Waals surface area contributed by atoms with Crippen molar-refractivity contribution in [3.8, 4) is 0 Å². The van der Waals surface area contributed by atoms with E-state index in [4.69, 9.17) is 0 Å². The summed E-state index contributed by atoms with van der Waals surface area (Å²) in [5.41, 5.74) is -1.52. The summed E-state index contributed by atoms with van der Waals surface area (Å²) in [5, 5.41) is -1.94. The zero-order valence-corrected chi connectivity index (χ0v) is 7.37. The smallest absolute Gasteiger partial charge is 0.169 e. The molecule has 1 unspecified atom stereocenters. The van der Waals surface area contributed by atoms with E-state index in [0.717, 1.165) is 0 Å². The maximum Gasteiger partial charge on any atom is 0.414 e. The molecule has 0 spiro atoms. The summed E-state index contributed by atoms with van der Waals surface area (Å²) in [6.07, 6.45) is -9.73. The Morgan fingerprint density at radius 2 is 1.62 bits per heavy atom. The van der Waals surface area contributed by atoms with Gasteiger partial charge in [0.15, 0.2) is 0 Å². The Kier molecular flexibility index (Phi) is 2.82. The second-order valence-corrected chi connectivity index (χ2v) is 4.43. The van der Waals surface area contributed by atoms with Crippen LogP contribution in [-0.4, -0.2) is 17.6 Å². The fraction of sp³-hybridized carbons (Fsp3) is 0.600. The molecule has 0 aromatic heterocycles. The average molecular weight is 240 g/mol. The summed E-state index contributed by atoms with van der Waals surface area (Å²) in [6, 6.07) is 0. The molecule has 1 atom stereocenters. The third kappa shape index (κ3) is 2.49. The van der Waals surface area contributed by atoms with Gasteiger partial charge in [0.1, 0.15) is 5.25 Å². The van der Waals surface area contributed by atoms with Gasteiger partial charge in [0.05, 0.1) is 5.57 Å². The third-order valence-corrected chi connectivity index (χ3v) is 3.61. The van der Waals surface area contributed by atoms with E-state index in [2.05, 4.69) is 0 Å². The van der Waals surface area contributed by atoms with Crippen LogP contribution in [-0.2, 0) is 0 Å². The van der Waals surface area contributed by atoms with Crippen LogP contribution in [0.2, 0.25) is 0 Å². The van der Waals surface area contributed by atoms with Crippen molar-refractivity contribution in [1.29, 1.82) is 0 Å². The molecule has 0 bridgehead atoms. The van der Waals surface area contributed by atoms with E-state index in [-0.39, 0.29) is 10.8 Å². The second-order valence-electron chi connectivity index (χ2n) is 2.19. The largest absolute Gasteiger partial charge is 0.414 e.